The maximum Gasteiger partial charge on any atom is 0.235 e. The predicted molar refractivity (Wildman–Crippen MR) is 110 cm³/mol. The summed E-state index contributed by atoms with van der Waals surface area (Å²) in [4.78, 5) is 12.4. The molecule has 132 valence electrons. The van der Waals surface area contributed by atoms with Crippen LogP contribution in [0.4, 0.5) is 5.82 Å². The number of nitrogens with zero attached hydrogens (tertiary/aromatic N) is 2. The number of benzene rings is 2. The Kier molecular flexibility index (Phi) is 4.63. The first-order valence-electron chi connectivity index (χ1n) is 8.37. The van der Waals surface area contributed by atoms with Crippen molar-refractivity contribution in [3.8, 4) is 5.69 Å². The van der Waals surface area contributed by atoms with Gasteiger partial charge in [-0.2, -0.15) is 5.10 Å². The number of hydrogen-bond acceptors (Lipinski definition) is 3. The molecule has 0 saturated carbocycles. The molecule has 0 bridgehead atoms. The van der Waals surface area contributed by atoms with Crippen LogP contribution in [0, 0.1) is 13.8 Å². The van der Waals surface area contributed by atoms with Gasteiger partial charge in [0.25, 0.3) is 0 Å². The Hall–Kier alpha value is -2.05. The molecule has 4 nitrogen and oxygen atoms in total. The first-order chi connectivity index (χ1) is 12.5. The third-order valence-corrected chi connectivity index (χ3v) is 6.32. The van der Waals surface area contributed by atoms with E-state index in [1.807, 2.05) is 41.9 Å². The molecule has 1 unspecified atom stereocenters. The van der Waals surface area contributed by atoms with Gasteiger partial charge in [0.1, 0.15) is 5.82 Å². The van der Waals surface area contributed by atoms with Gasteiger partial charge in [-0.25, -0.2) is 4.68 Å². The van der Waals surface area contributed by atoms with Gasteiger partial charge in [-0.05, 0) is 43.2 Å². The summed E-state index contributed by atoms with van der Waals surface area (Å²) in [5.74, 6) is 1.20. The van der Waals surface area contributed by atoms with Crippen molar-refractivity contribution in [2.75, 3.05) is 11.1 Å². The number of rotatable bonds is 2. The molecule has 0 fully saturated rings. The smallest absolute Gasteiger partial charge is 0.235 e. The van der Waals surface area contributed by atoms with Crippen molar-refractivity contribution in [2.24, 2.45) is 0 Å². The van der Waals surface area contributed by atoms with E-state index in [4.69, 9.17) is 5.10 Å². The normalized spacial score (nSPS) is 16.7. The van der Waals surface area contributed by atoms with Gasteiger partial charge in [-0.1, -0.05) is 46.3 Å². The fraction of sp³-hybridized carbons (Fsp3) is 0.200. The molecule has 2 aromatic carbocycles. The Labute approximate surface area is 165 Å². The number of thioether (sulfide) groups is 1. The second-order valence-electron chi connectivity index (χ2n) is 6.34. The zero-order chi connectivity index (χ0) is 18.3. The monoisotopic (exact) mass is 427 g/mol. The van der Waals surface area contributed by atoms with Gasteiger partial charge in [-0.3, -0.25) is 4.79 Å². The third kappa shape index (κ3) is 3.08. The van der Waals surface area contributed by atoms with Crippen molar-refractivity contribution < 1.29 is 4.79 Å². The summed E-state index contributed by atoms with van der Waals surface area (Å²) < 4.78 is 2.91. The maximum atomic E-state index is 12.4. The summed E-state index contributed by atoms with van der Waals surface area (Å²) in [5, 5.41) is 7.92. The van der Waals surface area contributed by atoms with Crippen molar-refractivity contribution >= 4 is 39.4 Å². The molecule has 26 heavy (non-hydrogen) atoms. The lowest BCUT2D eigenvalue weighted by Crippen LogP contribution is -2.16. The van der Waals surface area contributed by atoms with Crippen molar-refractivity contribution in [3.63, 3.8) is 0 Å². The van der Waals surface area contributed by atoms with Crippen molar-refractivity contribution in [2.45, 2.75) is 19.1 Å². The largest absolute Gasteiger partial charge is 0.310 e. The number of para-hydroxylation sites is 1. The van der Waals surface area contributed by atoms with Gasteiger partial charge in [0.15, 0.2) is 0 Å². The molecule has 1 amide bonds. The zero-order valence-electron chi connectivity index (χ0n) is 14.5. The van der Waals surface area contributed by atoms with Gasteiger partial charge >= 0.3 is 0 Å². The van der Waals surface area contributed by atoms with Crippen LogP contribution in [0.2, 0.25) is 0 Å². The number of halogens is 1. The summed E-state index contributed by atoms with van der Waals surface area (Å²) in [5.41, 5.74) is 5.28. The van der Waals surface area contributed by atoms with Crippen molar-refractivity contribution in [3.05, 3.63) is 75.4 Å². The van der Waals surface area contributed by atoms with E-state index < -0.39 is 0 Å². The minimum atomic E-state index is 0.00518. The van der Waals surface area contributed by atoms with Gasteiger partial charge in [0.05, 0.1) is 22.4 Å². The number of amides is 1. The molecule has 1 aromatic heterocycles. The second-order valence-corrected chi connectivity index (χ2v) is 8.35. The number of nitrogens with one attached hydrogen (secondary N) is 1. The molecule has 1 N–H and O–H groups in total. The average molecular weight is 428 g/mol. The van der Waals surface area contributed by atoms with Crippen LogP contribution in [-0.2, 0) is 4.79 Å². The summed E-state index contributed by atoms with van der Waals surface area (Å²) in [6, 6.07) is 16.4. The fourth-order valence-corrected chi connectivity index (χ4v) is 4.71. The number of fused-ring (bicyclic) bond motifs is 1. The van der Waals surface area contributed by atoms with E-state index in [9.17, 15) is 4.79 Å². The topological polar surface area (TPSA) is 46.9 Å². The van der Waals surface area contributed by atoms with Crippen LogP contribution in [0.3, 0.4) is 0 Å². The fourth-order valence-electron chi connectivity index (χ4n) is 3.26. The van der Waals surface area contributed by atoms with Gasteiger partial charge in [0, 0.05) is 10.0 Å². The number of carbonyl (C=O) groups excluding carboxylic acids is 1. The molecular formula is C20H18BrN3OS. The van der Waals surface area contributed by atoms with E-state index in [-0.39, 0.29) is 11.2 Å². The second kappa shape index (κ2) is 6.93. The minimum absolute atomic E-state index is 0.00518. The van der Waals surface area contributed by atoms with Crippen LogP contribution >= 0.6 is 27.7 Å². The highest BCUT2D eigenvalue weighted by Crippen LogP contribution is 2.44. The molecule has 1 aliphatic heterocycles. The quantitative estimate of drug-likeness (QED) is 0.623. The standard InChI is InChI=1S/C20H18BrN3OS/c1-12-5-3-4-6-16(12)24-20-18(13(2)23-24)19(26-11-17(25)22-20)14-7-9-15(21)10-8-14/h3-10,19H,11H2,1-2H3,(H,22,25). The van der Waals surface area contributed by atoms with Crippen LogP contribution < -0.4 is 5.32 Å². The molecule has 4 rings (SSSR count). The summed E-state index contributed by atoms with van der Waals surface area (Å²) >= 11 is 5.13. The van der Waals surface area contributed by atoms with E-state index in [1.165, 1.54) is 5.56 Å². The molecule has 0 saturated heterocycles. The number of aromatic nitrogens is 2. The lowest BCUT2D eigenvalue weighted by molar-refractivity contribution is -0.113. The highest BCUT2D eigenvalue weighted by atomic mass is 79.9. The highest BCUT2D eigenvalue weighted by Gasteiger charge is 2.30. The summed E-state index contributed by atoms with van der Waals surface area (Å²) in [6.07, 6.45) is 0. The summed E-state index contributed by atoms with van der Waals surface area (Å²) in [6.45, 7) is 4.07. The first-order valence-corrected chi connectivity index (χ1v) is 10.2. The molecule has 1 atom stereocenters. The molecule has 1 aliphatic rings. The number of carbonyl (C=O) groups is 1. The van der Waals surface area contributed by atoms with Crippen LogP contribution in [0.25, 0.3) is 5.69 Å². The average Bonchev–Trinajstić information content (AvgIpc) is 2.82. The molecule has 0 radical (unpaired) electrons. The Morgan fingerprint density at radius 1 is 1.15 bits per heavy atom. The lowest BCUT2D eigenvalue weighted by Gasteiger charge is -2.15. The van der Waals surface area contributed by atoms with E-state index >= 15 is 0 Å². The zero-order valence-corrected chi connectivity index (χ0v) is 16.9. The van der Waals surface area contributed by atoms with Gasteiger partial charge < -0.3 is 5.32 Å². The maximum absolute atomic E-state index is 12.4. The molecule has 6 heteroatoms. The van der Waals surface area contributed by atoms with Gasteiger partial charge in [0.2, 0.25) is 5.91 Å². The van der Waals surface area contributed by atoms with Crippen LogP contribution in [0.5, 0.6) is 0 Å². The van der Waals surface area contributed by atoms with E-state index in [1.54, 1.807) is 11.8 Å². The number of anilines is 1. The number of aryl methyl sites for hydroxylation is 2. The van der Waals surface area contributed by atoms with Crippen LogP contribution in [-0.4, -0.2) is 21.4 Å². The van der Waals surface area contributed by atoms with E-state index in [2.05, 4.69) is 46.4 Å². The minimum Gasteiger partial charge on any atom is -0.310 e. The Morgan fingerprint density at radius 2 is 1.88 bits per heavy atom. The molecule has 3 aromatic rings. The van der Waals surface area contributed by atoms with Crippen LogP contribution in [0.1, 0.15) is 27.6 Å². The van der Waals surface area contributed by atoms with Crippen molar-refractivity contribution in [1.82, 2.24) is 9.78 Å². The highest BCUT2D eigenvalue weighted by molar-refractivity contribution is 9.10. The Balaban J connectivity index is 1.91. The SMILES string of the molecule is Cc1ccccc1-n1nc(C)c2c1NC(=O)CSC2c1ccc(Br)cc1. The van der Waals surface area contributed by atoms with E-state index in [0.29, 0.717) is 5.75 Å². The lowest BCUT2D eigenvalue weighted by atomic mass is 10.0. The Bertz CT molecular complexity index is 981. The first kappa shape index (κ1) is 17.4. The van der Waals surface area contributed by atoms with Crippen LogP contribution in [0.15, 0.2) is 53.0 Å². The molecular weight excluding hydrogens is 410 g/mol. The number of hydrogen-bond donors (Lipinski definition) is 1. The van der Waals surface area contributed by atoms with E-state index in [0.717, 1.165) is 32.8 Å². The molecule has 2 heterocycles. The van der Waals surface area contributed by atoms with Crippen molar-refractivity contribution in [1.29, 1.82) is 0 Å². The van der Waals surface area contributed by atoms with Gasteiger partial charge in [-0.15, -0.1) is 11.8 Å². The summed E-state index contributed by atoms with van der Waals surface area (Å²) in [7, 11) is 0. The molecule has 0 aliphatic carbocycles. The Morgan fingerprint density at radius 3 is 2.62 bits per heavy atom. The predicted octanol–water partition coefficient (Wildman–Crippen LogP) is 5.03. The third-order valence-electron chi connectivity index (χ3n) is 4.52. The molecule has 0 spiro atoms.